The molecular formula is C20H21N9O. The van der Waals surface area contributed by atoms with Crippen molar-refractivity contribution in [3.05, 3.63) is 60.4 Å². The smallest absolute Gasteiger partial charge is 0.223 e. The first-order chi connectivity index (χ1) is 14.8. The largest absolute Gasteiger partial charge is 0.355 e. The van der Waals surface area contributed by atoms with E-state index in [0.717, 1.165) is 43.0 Å². The van der Waals surface area contributed by atoms with Crippen LogP contribution < -0.4 is 10.2 Å². The maximum atomic E-state index is 12.7. The summed E-state index contributed by atoms with van der Waals surface area (Å²) < 4.78 is 3.23. The van der Waals surface area contributed by atoms with Crippen molar-refractivity contribution in [3.8, 4) is 5.69 Å². The zero-order chi connectivity index (χ0) is 20.3. The minimum Gasteiger partial charge on any atom is -0.355 e. The molecule has 0 bridgehead atoms. The van der Waals surface area contributed by atoms with E-state index in [1.54, 1.807) is 6.20 Å². The minimum absolute atomic E-state index is 0.00677. The lowest BCUT2D eigenvalue weighted by atomic mass is 9.96. The quantitative estimate of drug-likeness (QED) is 0.534. The van der Waals surface area contributed by atoms with Crippen LogP contribution in [0.2, 0.25) is 0 Å². The first kappa shape index (κ1) is 18.2. The molecule has 30 heavy (non-hydrogen) atoms. The number of hydrogen-bond donors (Lipinski definition) is 1. The molecule has 3 aromatic heterocycles. The van der Waals surface area contributed by atoms with Crippen LogP contribution in [0.25, 0.3) is 11.3 Å². The molecular weight excluding hydrogens is 382 g/mol. The minimum atomic E-state index is 0.00677. The molecule has 1 aromatic carbocycles. The zero-order valence-electron chi connectivity index (χ0n) is 16.3. The Morgan fingerprint density at radius 2 is 2.03 bits per heavy atom. The first-order valence-corrected chi connectivity index (χ1v) is 9.93. The molecule has 4 heterocycles. The molecule has 0 aliphatic carbocycles. The number of nitrogens with zero attached hydrogens (tertiary/aromatic N) is 8. The van der Waals surface area contributed by atoms with E-state index < -0.39 is 0 Å². The number of hydrogen-bond acceptors (Lipinski definition) is 7. The fraction of sp³-hybridized carbons (Fsp3) is 0.300. The molecule has 1 fully saturated rings. The van der Waals surface area contributed by atoms with Crippen molar-refractivity contribution in [1.29, 1.82) is 0 Å². The van der Waals surface area contributed by atoms with Crippen molar-refractivity contribution < 1.29 is 4.79 Å². The second kappa shape index (κ2) is 7.90. The number of rotatable bonds is 5. The normalized spacial score (nSPS) is 14.9. The van der Waals surface area contributed by atoms with Gasteiger partial charge in [0.05, 0.1) is 5.69 Å². The molecule has 1 N–H and O–H groups in total. The van der Waals surface area contributed by atoms with Gasteiger partial charge in [0.15, 0.2) is 11.5 Å². The molecule has 5 rings (SSSR count). The summed E-state index contributed by atoms with van der Waals surface area (Å²) in [7, 11) is 0. The van der Waals surface area contributed by atoms with Crippen LogP contribution in [0.1, 0.15) is 18.4 Å². The van der Waals surface area contributed by atoms with Crippen LogP contribution in [0.15, 0.2) is 54.9 Å². The van der Waals surface area contributed by atoms with Crippen LogP contribution in [-0.2, 0) is 11.3 Å². The predicted octanol–water partition coefficient (Wildman–Crippen LogP) is 1.24. The van der Waals surface area contributed by atoms with E-state index in [2.05, 4.69) is 35.9 Å². The van der Waals surface area contributed by atoms with Gasteiger partial charge in [-0.15, -0.1) is 14.8 Å². The van der Waals surface area contributed by atoms with Crippen LogP contribution in [-0.4, -0.2) is 54.0 Å². The number of amides is 1. The summed E-state index contributed by atoms with van der Waals surface area (Å²) in [6.07, 6.45) is 5.22. The van der Waals surface area contributed by atoms with Crippen LogP contribution >= 0.6 is 0 Å². The highest BCUT2D eigenvalue weighted by molar-refractivity contribution is 5.79. The van der Waals surface area contributed by atoms with E-state index in [-0.39, 0.29) is 11.8 Å². The predicted molar refractivity (Wildman–Crippen MR) is 109 cm³/mol. The topological polar surface area (TPSA) is 106 Å². The third-order valence-electron chi connectivity index (χ3n) is 5.39. The summed E-state index contributed by atoms with van der Waals surface area (Å²) in [5.41, 5.74) is 2.64. The van der Waals surface area contributed by atoms with Crippen molar-refractivity contribution in [2.45, 2.75) is 19.4 Å². The van der Waals surface area contributed by atoms with Crippen LogP contribution in [0.5, 0.6) is 0 Å². The molecule has 0 saturated carbocycles. The highest BCUT2D eigenvalue weighted by Gasteiger charge is 2.25. The number of anilines is 1. The van der Waals surface area contributed by atoms with Crippen molar-refractivity contribution in [2.75, 3.05) is 18.0 Å². The average molecular weight is 403 g/mol. The lowest BCUT2D eigenvalue weighted by Gasteiger charge is -2.31. The lowest BCUT2D eigenvalue weighted by molar-refractivity contribution is -0.125. The van der Waals surface area contributed by atoms with Gasteiger partial charge in [-0.1, -0.05) is 12.1 Å². The maximum Gasteiger partial charge on any atom is 0.223 e. The Kier molecular flexibility index (Phi) is 4.80. The summed E-state index contributed by atoms with van der Waals surface area (Å²) >= 11 is 0. The third kappa shape index (κ3) is 3.71. The highest BCUT2D eigenvalue weighted by atomic mass is 16.1. The van der Waals surface area contributed by atoms with Gasteiger partial charge in [-0.3, -0.25) is 4.79 Å². The molecule has 0 radical (unpaired) electrons. The summed E-state index contributed by atoms with van der Waals surface area (Å²) in [5, 5.41) is 23.1. The van der Waals surface area contributed by atoms with Crippen LogP contribution in [0.4, 0.5) is 5.82 Å². The molecule has 0 atom stereocenters. The summed E-state index contributed by atoms with van der Waals surface area (Å²) in [5.74, 6) is 0.930. The maximum absolute atomic E-state index is 12.7. The molecule has 1 aliphatic rings. The van der Waals surface area contributed by atoms with Gasteiger partial charge in [0.25, 0.3) is 0 Å². The van der Waals surface area contributed by atoms with E-state index in [1.165, 1.54) is 4.63 Å². The van der Waals surface area contributed by atoms with E-state index in [0.29, 0.717) is 12.2 Å². The average Bonchev–Trinajstić information content (AvgIpc) is 3.49. The zero-order valence-corrected chi connectivity index (χ0v) is 16.3. The van der Waals surface area contributed by atoms with Gasteiger partial charge in [0.2, 0.25) is 5.91 Å². The summed E-state index contributed by atoms with van der Waals surface area (Å²) in [6.45, 7) is 2.05. The molecule has 10 heteroatoms. The Balaban J connectivity index is 1.16. The molecule has 1 aliphatic heterocycles. The van der Waals surface area contributed by atoms with Gasteiger partial charge in [0, 0.05) is 37.9 Å². The summed E-state index contributed by atoms with van der Waals surface area (Å²) in [6, 6.07) is 13.7. The molecule has 1 saturated heterocycles. The second-order valence-corrected chi connectivity index (χ2v) is 7.32. The summed E-state index contributed by atoms with van der Waals surface area (Å²) in [4.78, 5) is 14.8. The van der Waals surface area contributed by atoms with Crippen LogP contribution in [0, 0.1) is 5.92 Å². The van der Waals surface area contributed by atoms with Gasteiger partial charge in [-0.25, -0.2) is 4.68 Å². The Morgan fingerprint density at radius 3 is 2.87 bits per heavy atom. The SMILES string of the molecule is O=C(NCc1cccc(-n2cccn2)c1)C1CCN(c2ccc3nnnn3n2)CC1. The number of tetrazole rings is 1. The van der Waals surface area contributed by atoms with Gasteiger partial charge in [-0.2, -0.15) is 5.10 Å². The molecule has 152 valence electrons. The number of piperidine rings is 1. The van der Waals surface area contributed by atoms with Gasteiger partial charge in [0.1, 0.15) is 0 Å². The van der Waals surface area contributed by atoms with E-state index in [1.807, 2.05) is 53.3 Å². The number of fused-ring (bicyclic) bond motifs is 1. The molecule has 4 aromatic rings. The molecule has 0 spiro atoms. The lowest BCUT2D eigenvalue weighted by Crippen LogP contribution is -2.40. The van der Waals surface area contributed by atoms with E-state index >= 15 is 0 Å². The number of carbonyl (C=O) groups excluding carboxylic acids is 1. The third-order valence-corrected chi connectivity index (χ3v) is 5.39. The standard InChI is InChI=1S/C20H21N9O/c30-20(21-14-15-3-1-4-17(13-15)28-10-2-9-22-28)16-7-11-27(12-8-16)19-6-5-18-23-25-26-29(18)24-19/h1-6,9-10,13,16H,7-8,11-12,14H2,(H,21,30). The van der Waals surface area contributed by atoms with Gasteiger partial charge < -0.3 is 10.2 Å². The molecule has 10 nitrogen and oxygen atoms in total. The van der Waals surface area contributed by atoms with E-state index in [9.17, 15) is 4.79 Å². The highest BCUT2D eigenvalue weighted by Crippen LogP contribution is 2.22. The molecule has 0 unspecified atom stereocenters. The fourth-order valence-electron chi connectivity index (χ4n) is 3.74. The van der Waals surface area contributed by atoms with Gasteiger partial charge in [-0.05, 0) is 59.2 Å². The number of aromatic nitrogens is 7. The number of carbonyl (C=O) groups is 1. The number of nitrogens with one attached hydrogen (secondary N) is 1. The van der Waals surface area contributed by atoms with Gasteiger partial charge >= 0.3 is 0 Å². The number of benzene rings is 1. The second-order valence-electron chi connectivity index (χ2n) is 7.32. The monoisotopic (exact) mass is 403 g/mol. The van der Waals surface area contributed by atoms with Crippen molar-refractivity contribution in [3.63, 3.8) is 0 Å². The first-order valence-electron chi connectivity index (χ1n) is 9.93. The van der Waals surface area contributed by atoms with E-state index in [4.69, 9.17) is 0 Å². The Hall–Kier alpha value is -3.82. The fourth-order valence-corrected chi connectivity index (χ4v) is 3.74. The van der Waals surface area contributed by atoms with Crippen LogP contribution in [0.3, 0.4) is 0 Å². The van der Waals surface area contributed by atoms with Crippen molar-refractivity contribution in [1.82, 2.24) is 40.4 Å². The van der Waals surface area contributed by atoms with Crippen molar-refractivity contribution >= 4 is 17.4 Å². The molecule has 1 amide bonds. The Bertz CT molecular complexity index is 1150. The Morgan fingerprint density at radius 1 is 1.13 bits per heavy atom. The van der Waals surface area contributed by atoms with Crippen molar-refractivity contribution in [2.24, 2.45) is 5.92 Å². The Labute approximate surface area is 172 Å².